The second-order valence-corrected chi connectivity index (χ2v) is 4.59. The molecule has 14 heavy (non-hydrogen) atoms. The number of hydrogen-bond donors (Lipinski definition) is 0. The van der Waals surface area contributed by atoms with Gasteiger partial charge < -0.3 is 4.74 Å². The molecule has 1 rings (SSSR count). The molecule has 0 saturated heterocycles. The molecule has 82 valence electrons. The molecule has 0 aromatic rings. The summed E-state index contributed by atoms with van der Waals surface area (Å²) in [4.78, 5) is 10.2. The van der Waals surface area contributed by atoms with Crippen LogP contribution in [0, 0.1) is 11.8 Å². The van der Waals surface area contributed by atoms with Gasteiger partial charge in [0.1, 0.15) is 6.10 Å². The van der Waals surface area contributed by atoms with E-state index in [2.05, 4.69) is 18.6 Å². The summed E-state index contributed by atoms with van der Waals surface area (Å²) in [5.41, 5.74) is 0. The van der Waals surface area contributed by atoms with E-state index in [1.807, 2.05) is 0 Å². The van der Waals surface area contributed by atoms with Crippen LogP contribution in [0.3, 0.4) is 0 Å². The predicted octanol–water partition coefficient (Wildman–Crippen LogP) is 3.70. The van der Waals surface area contributed by atoms with Crippen molar-refractivity contribution in [1.82, 2.24) is 0 Å². The zero-order chi connectivity index (χ0) is 10.6. The van der Waals surface area contributed by atoms with E-state index in [1.54, 1.807) is 0 Å². The molecule has 3 heteroatoms. The molecule has 0 spiro atoms. The molecule has 1 aliphatic rings. The lowest BCUT2D eigenvalue weighted by molar-refractivity contribution is 0.0456. The van der Waals surface area contributed by atoms with Crippen LogP contribution in [0.5, 0.6) is 0 Å². The molecule has 0 aromatic heterocycles. The van der Waals surface area contributed by atoms with Crippen LogP contribution < -0.4 is 0 Å². The first kappa shape index (κ1) is 11.5. The van der Waals surface area contributed by atoms with Gasteiger partial charge in [0.15, 0.2) is 0 Å². The van der Waals surface area contributed by atoms with Crippen LogP contribution in [0.2, 0.25) is 0 Å². The summed E-state index contributed by atoms with van der Waals surface area (Å²) in [7, 11) is 0. The molecule has 0 N–H and O–H groups in total. The van der Waals surface area contributed by atoms with Crippen LogP contribution in [0.25, 0.3) is 0 Å². The van der Waals surface area contributed by atoms with Gasteiger partial charge in [-0.3, -0.25) is 0 Å². The quantitative estimate of drug-likeness (QED) is 0.606. The summed E-state index contributed by atoms with van der Waals surface area (Å²) < 4.78 is 16.8. The molecular weight excluding hydrogens is 183 g/mol. The largest absolute Gasteiger partial charge is 0.495 e. The van der Waals surface area contributed by atoms with E-state index in [-0.39, 0.29) is 6.10 Å². The fourth-order valence-electron chi connectivity index (χ4n) is 2.27. The zero-order valence-corrected chi connectivity index (χ0v) is 8.96. The third kappa shape index (κ3) is 4.07. The van der Waals surface area contributed by atoms with Crippen molar-refractivity contribution in [3.63, 3.8) is 0 Å². The van der Waals surface area contributed by atoms with Gasteiger partial charge in [-0.05, 0) is 24.7 Å². The first-order chi connectivity index (χ1) is 6.58. The lowest BCUT2D eigenvalue weighted by atomic mass is 9.86. The molecule has 0 aromatic carbocycles. The number of hydrogen-bond acceptors (Lipinski definition) is 2. The minimum atomic E-state index is -1.63. The maximum Gasteiger partial charge on any atom is 0.495 e. The molecule has 1 aliphatic carbocycles. The van der Waals surface area contributed by atoms with Crippen molar-refractivity contribution in [2.75, 3.05) is 0 Å². The normalized spacial score (nSPS) is 34.4. The molecule has 0 amide bonds. The minimum absolute atomic E-state index is 0.210. The van der Waals surface area contributed by atoms with Gasteiger partial charge in [-0.25, -0.2) is 4.79 Å². The summed E-state index contributed by atoms with van der Waals surface area (Å²) in [5, 5.41) is 0. The summed E-state index contributed by atoms with van der Waals surface area (Å²) >= 11 is 0. The second kappa shape index (κ2) is 5.32. The molecule has 1 fully saturated rings. The standard InChI is InChI=1S/C11H19FO2/c1-8-4-3-5-9(2)7-10(6-8)14-11(12)13/h8-10H,3-7H2,1-2H3. The Hall–Kier alpha value is -0.600. The van der Waals surface area contributed by atoms with Gasteiger partial charge >= 0.3 is 6.22 Å². The Bertz CT molecular complexity index is 182. The Morgan fingerprint density at radius 1 is 1.21 bits per heavy atom. The second-order valence-electron chi connectivity index (χ2n) is 4.59. The molecule has 2 nitrogen and oxygen atoms in total. The highest BCUT2D eigenvalue weighted by atomic mass is 19.1. The van der Waals surface area contributed by atoms with Gasteiger partial charge in [0.05, 0.1) is 0 Å². The van der Waals surface area contributed by atoms with Crippen molar-refractivity contribution in [3.8, 4) is 0 Å². The Morgan fingerprint density at radius 2 is 1.71 bits per heavy atom. The van der Waals surface area contributed by atoms with Crippen molar-refractivity contribution in [1.29, 1.82) is 0 Å². The summed E-state index contributed by atoms with van der Waals surface area (Å²) in [5.74, 6) is 1.07. The highest BCUT2D eigenvalue weighted by Gasteiger charge is 2.22. The average molecular weight is 202 g/mol. The number of halogens is 1. The molecular formula is C11H19FO2. The smallest absolute Gasteiger partial charge is 0.437 e. The Kier molecular flexibility index (Phi) is 4.36. The summed E-state index contributed by atoms with van der Waals surface area (Å²) in [6, 6.07) is 0. The minimum Gasteiger partial charge on any atom is -0.437 e. The lowest BCUT2D eigenvalue weighted by Crippen LogP contribution is -2.23. The number of ether oxygens (including phenoxy) is 1. The molecule has 2 atom stereocenters. The van der Waals surface area contributed by atoms with Gasteiger partial charge in [0, 0.05) is 0 Å². The van der Waals surface area contributed by atoms with Gasteiger partial charge in [-0.2, -0.15) is 0 Å². The van der Waals surface area contributed by atoms with Crippen molar-refractivity contribution >= 4 is 6.22 Å². The Morgan fingerprint density at radius 3 is 2.14 bits per heavy atom. The van der Waals surface area contributed by atoms with Gasteiger partial charge in [0.2, 0.25) is 0 Å². The number of carbonyl (C=O) groups excluding carboxylic acids is 1. The molecule has 0 bridgehead atoms. The molecule has 0 heterocycles. The van der Waals surface area contributed by atoms with Crippen molar-refractivity contribution in [3.05, 3.63) is 0 Å². The van der Waals surface area contributed by atoms with Gasteiger partial charge in [-0.15, -0.1) is 4.39 Å². The van der Waals surface area contributed by atoms with Crippen LogP contribution in [-0.4, -0.2) is 12.3 Å². The summed E-state index contributed by atoms with van der Waals surface area (Å²) in [6.07, 6.45) is 3.32. The van der Waals surface area contributed by atoms with Gasteiger partial charge in [0.25, 0.3) is 0 Å². The fourth-order valence-corrected chi connectivity index (χ4v) is 2.27. The van der Waals surface area contributed by atoms with Crippen LogP contribution in [0.4, 0.5) is 9.18 Å². The lowest BCUT2D eigenvalue weighted by Gasteiger charge is -2.26. The van der Waals surface area contributed by atoms with E-state index < -0.39 is 6.22 Å². The fraction of sp³-hybridized carbons (Fsp3) is 0.909. The Labute approximate surface area is 84.8 Å². The maximum atomic E-state index is 12.1. The van der Waals surface area contributed by atoms with Crippen LogP contribution >= 0.6 is 0 Å². The van der Waals surface area contributed by atoms with E-state index in [0.717, 1.165) is 25.7 Å². The highest BCUT2D eigenvalue weighted by Crippen LogP contribution is 2.27. The third-order valence-electron chi connectivity index (χ3n) is 2.98. The number of carbonyl (C=O) groups is 1. The SMILES string of the molecule is CC1CCCC(C)CC(OC(=O)F)C1. The van der Waals surface area contributed by atoms with Crippen LogP contribution in [0.15, 0.2) is 0 Å². The molecule has 2 unspecified atom stereocenters. The van der Waals surface area contributed by atoms with E-state index in [9.17, 15) is 9.18 Å². The first-order valence-electron chi connectivity index (χ1n) is 5.44. The van der Waals surface area contributed by atoms with Crippen LogP contribution in [0.1, 0.15) is 46.0 Å². The monoisotopic (exact) mass is 202 g/mol. The molecule has 0 radical (unpaired) electrons. The highest BCUT2D eigenvalue weighted by molar-refractivity contribution is 5.58. The average Bonchev–Trinajstić information content (AvgIpc) is 1.99. The number of rotatable bonds is 1. The van der Waals surface area contributed by atoms with Crippen molar-refractivity contribution in [2.24, 2.45) is 11.8 Å². The first-order valence-corrected chi connectivity index (χ1v) is 5.44. The van der Waals surface area contributed by atoms with E-state index in [0.29, 0.717) is 11.8 Å². The van der Waals surface area contributed by atoms with Crippen molar-refractivity contribution in [2.45, 2.75) is 52.1 Å². The van der Waals surface area contributed by atoms with Crippen LogP contribution in [-0.2, 0) is 4.74 Å². The maximum absolute atomic E-state index is 12.1. The van der Waals surface area contributed by atoms with E-state index >= 15 is 0 Å². The summed E-state index contributed by atoms with van der Waals surface area (Å²) in [6.45, 7) is 4.27. The zero-order valence-electron chi connectivity index (χ0n) is 8.96. The van der Waals surface area contributed by atoms with Crippen molar-refractivity contribution < 1.29 is 13.9 Å². The van der Waals surface area contributed by atoms with E-state index in [4.69, 9.17) is 0 Å². The molecule has 1 saturated carbocycles. The third-order valence-corrected chi connectivity index (χ3v) is 2.98. The Balaban J connectivity index is 2.47. The topological polar surface area (TPSA) is 26.3 Å². The van der Waals surface area contributed by atoms with E-state index in [1.165, 1.54) is 6.42 Å². The predicted molar refractivity (Wildman–Crippen MR) is 52.8 cm³/mol. The molecule has 0 aliphatic heterocycles. The van der Waals surface area contributed by atoms with Gasteiger partial charge in [-0.1, -0.05) is 33.1 Å².